The highest BCUT2D eigenvalue weighted by atomic mass is 16.4. The second-order valence-electron chi connectivity index (χ2n) is 5.38. The van der Waals surface area contributed by atoms with Crippen LogP contribution < -0.4 is 4.90 Å². The summed E-state index contributed by atoms with van der Waals surface area (Å²) in [6.45, 7) is 4.39. The van der Waals surface area contributed by atoms with Crippen LogP contribution in [0.4, 0.5) is 5.69 Å². The third-order valence-corrected chi connectivity index (χ3v) is 3.04. The second-order valence-corrected chi connectivity index (χ2v) is 5.38. The van der Waals surface area contributed by atoms with E-state index >= 15 is 0 Å². The van der Waals surface area contributed by atoms with Gasteiger partial charge < -0.3 is 10.0 Å². The number of hydrogen-bond acceptors (Lipinski definition) is 2. The van der Waals surface area contributed by atoms with Crippen LogP contribution in [-0.2, 0) is 11.2 Å². The third-order valence-electron chi connectivity index (χ3n) is 3.04. The highest BCUT2D eigenvalue weighted by Gasteiger charge is 2.05. The van der Waals surface area contributed by atoms with Gasteiger partial charge in [-0.05, 0) is 48.1 Å². The van der Waals surface area contributed by atoms with Gasteiger partial charge in [0, 0.05) is 25.9 Å². The molecule has 1 aromatic rings. The van der Waals surface area contributed by atoms with Crippen LogP contribution in [0.3, 0.4) is 0 Å². The summed E-state index contributed by atoms with van der Waals surface area (Å²) in [5.41, 5.74) is 3.34. The molecule has 19 heavy (non-hydrogen) atoms. The van der Waals surface area contributed by atoms with Gasteiger partial charge in [-0.25, -0.2) is 4.79 Å². The maximum Gasteiger partial charge on any atom is 0.328 e. The van der Waals surface area contributed by atoms with E-state index < -0.39 is 5.97 Å². The van der Waals surface area contributed by atoms with E-state index in [1.807, 2.05) is 26.2 Å². The van der Waals surface area contributed by atoms with E-state index in [-0.39, 0.29) is 0 Å². The highest BCUT2D eigenvalue weighted by Crippen LogP contribution is 2.22. The Bertz CT molecular complexity index is 462. The van der Waals surface area contributed by atoms with Crippen LogP contribution in [0.5, 0.6) is 0 Å². The quantitative estimate of drug-likeness (QED) is 0.797. The molecular formula is C16H23NO2. The number of benzene rings is 1. The lowest BCUT2D eigenvalue weighted by atomic mass is 9.97. The van der Waals surface area contributed by atoms with Gasteiger partial charge in [-0.1, -0.05) is 19.9 Å². The van der Waals surface area contributed by atoms with E-state index in [1.165, 1.54) is 11.6 Å². The lowest BCUT2D eigenvalue weighted by Crippen LogP contribution is -2.09. The molecule has 0 fully saturated rings. The van der Waals surface area contributed by atoms with Gasteiger partial charge in [0.05, 0.1) is 0 Å². The molecule has 0 amide bonds. The molecule has 0 aliphatic rings. The van der Waals surface area contributed by atoms with Crippen molar-refractivity contribution in [3.05, 3.63) is 35.4 Å². The number of aryl methyl sites for hydroxylation is 1. The molecule has 104 valence electrons. The van der Waals surface area contributed by atoms with Crippen molar-refractivity contribution in [1.82, 2.24) is 0 Å². The Hall–Kier alpha value is -1.77. The van der Waals surface area contributed by atoms with Crippen molar-refractivity contribution in [2.75, 3.05) is 19.0 Å². The van der Waals surface area contributed by atoms with Crippen molar-refractivity contribution >= 4 is 17.7 Å². The average molecular weight is 261 g/mol. The number of aliphatic carboxylic acids is 1. The van der Waals surface area contributed by atoms with Crippen LogP contribution in [-0.4, -0.2) is 25.2 Å². The first-order valence-corrected chi connectivity index (χ1v) is 6.61. The number of hydrogen-bond donors (Lipinski definition) is 1. The molecular weight excluding hydrogens is 238 g/mol. The van der Waals surface area contributed by atoms with Crippen LogP contribution in [0, 0.1) is 5.92 Å². The minimum Gasteiger partial charge on any atom is -0.478 e. The Kier molecular flexibility index (Phi) is 5.61. The molecule has 0 saturated heterocycles. The zero-order chi connectivity index (χ0) is 14.4. The first kappa shape index (κ1) is 15.3. The van der Waals surface area contributed by atoms with Crippen LogP contribution in [0.2, 0.25) is 0 Å². The first-order valence-electron chi connectivity index (χ1n) is 6.61. The fourth-order valence-corrected chi connectivity index (χ4v) is 1.85. The zero-order valence-corrected chi connectivity index (χ0v) is 12.2. The number of carboxylic acids is 1. The molecule has 0 aliphatic heterocycles. The lowest BCUT2D eigenvalue weighted by Gasteiger charge is -2.16. The minimum absolute atomic E-state index is 0.638. The Labute approximate surface area is 115 Å². The molecule has 0 bridgehead atoms. The molecule has 0 atom stereocenters. The van der Waals surface area contributed by atoms with Crippen molar-refractivity contribution in [3.8, 4) is 0 Å². The average Bonchev–Trinajstić information content (AvgIpc) is 2.33. The summed E-state index contributed by atoms with van der Waals surface area (Å²) in [7, 11) is 4.02. The van der Waals surface area contributed by atoms with Crippen molar-refractivity contribution in [2.45, 2.75) is 26.7 Å². The molecule has 0 heterocycles. The van der Waals surface area contributed by atoms with Gasteiger partial charge in [-0.2, -0.15) is 0 Å². The maximum atomic E-state index is 10.6. The van der Waals surface area contributed by atoms with Crippen molar-refractivity contribution in [3.63, 3.8) is 0 Å². The Morgan fingerprint density at radius 3 is 2.58 bits per heavy atom. The van der Waals surface area contributed by atoms with E-state index in [1.54, 1.807) is 6.08 Å². The Morgan fingerprint density at radius 2 is 2.05 bits per heavy atom. The smallest absolute Gasteiger partial charge is 0.328 e. The topological polar surface area (TPSA) is 40.5 Å². The summed E-state index contributed by atoms with van der Waals surface area (Å²) in [4.78, 5) is 12.7. The minimum atomic E-state index is -0.911. The number of carboxylic acid groups (broad SMARTS) is 1. The molecule has 0 unspecified atom stereocenters. The molecule has 0 aromatic heterocycles. The van der Waals surface area contributed by atoms with Gasteiger partial charge in [-0.15, -0.1) is 0 Å². The van der Waals surface area contributed by atoms with Gasteiger partial charge in [0.15, 0.2) is 0 Å². The normalized spacial score (nSPS) is 11.2. The molecule has 0 saturated carbocycles. The SMILES string of the molecule is CC(C)CCc1cc(N(C)C)ccc1C=CC(=O)O. The van der Waals surface area contributed by atoms with Crippen molar-refractivity contribution in [1.29, 1.82) is 0 Å². The molecule has 3 heteroatoms. The standard InChI is InChI=1S/C16H23NO2/c1-12(2)5-6-14-11-15(17(3)4)9-7-13(14)8-10-16(18)19/h7-12H,5-6H2,1-4H3,(H,18,19). The number of anilines is 1. The zero-order valence-electron chi connectivity index (χ0n) is 12.2. The largest absolute Gasteiger partial charge is 0.478 e. The van der Waals surface area contributed by atoms with Gasteiger partial charge in [0.2, 0.25) is 0 Å². The van der Waals surface area contributed by atoms with Gasteiger partial charge >= 0.3 is 5.97 Å². The summed E-state index contributed by atoms with van der Waals surface area (Å²) in [6.07, 6.45) is 4.95. The predicted molar refractivity (Wildman–Crippen MR) is 80.6 cm³/mol. The van der Waals surface area contributed by atoms with E-state index in [9.17, 15) is 4.79 Å². The molecule has 0 aliphatic carbocycles. The number of rotatable bonds is 6. The summed E-state index contributed by atoms with van der Waals surface area (Å²) in [5.74, 6) is -0.272. The molecule has 0 radical (unpaired) electrons. The fourth-order valence-electron chi connectivity index (χ4n) is 1.85. The highest BCUT2D eigenvalue weighted by molar-refractivity contribution is 5.85. The molecule has 1 rings (SSSR count). The molecule has 1 aromatic carbocycles. The summed E-state index contributed by atoms with van der Waals surface area (Å²) in [5, 5.41) is 8.73. The van der Waals surface area contributed by atoms with Crippen LogP contribution in [0.1, 0.15) is 31.4 Å². The monoisotopic (exact) mass is 261 g/mol. The third kappa shape index (κ3) is 5.16. The van der Waals surface area contributed by atoms with Gasteiger partial charge in [0.1, 0.15) is 0 Å². The Balaban J connectivity index is 3.03. The van der Waals surface area contributed by atoms with E-state index in [0.29, 0.717) is 5.92 Å². The number of carbonyl (C=O) groups is 1. The summed E-state index contributed by atoms with van der Waals surface area (Å²) >= 11 is 0. The van der Waals surface area contributed by atoms with E-state index in [2.05, 4.69) is 24.8 Å². The Morgan fingerprint density at radius 1 is 1.37 bits per heavy atom. The van der Waals surface area contributed by atoms with Crippen molar-refractivity contribution < 1.29 is 9.90 Å². The summed E-state index contributed by atoms with van der Waals surface area (Å²) in [6, 6.07) is 6.15. The lowest BCUT2D eigenvalue weighted by molar-refractivity contribution is -0.131. The van der Waals surface area contributed by atoms with Gasteiger partial charge in [-0.3, -0.25) is 0 Å². The van der Waals surface area contributed by atoms with Crippen LogP contribution in [0.15, 0.2) is 24.3 Å². The number of nitrogens with zero attached hydrogens (tertiary/aromatic N) is 1. The maximum absolute atomic E-state index is 10.6. The molecule has 0 spiro atoms. The van der Waals surface area contributed by atoms with E-state index in [0.717, 1.165) is 24.1 Å². The van der Waals surface area contributed by atoms with Crippen LogP contribution in [0.25, 0.3) is 6.08 Å². The molecule has 1 N–H and O–H groups in total. The van der Waals surface area contributed by atoms with E-state index in [4.69, 9.17) is 5.11 Å². The van der Waals surface area contributed by atoms with Crippen LogP contribution >= 0.6 is 0 Å². The fraction of sp³-hybridized carbons (Fsp3) is 0.438. The molecule has 3 nitrogen and oxygen atoms in total. The summed E-state index contributed by atoms with van der Waals surface area (Å²) < 4.78 is 0. The van der Waals surface area contributed by atoms with Crippen molar-refractivity contribution in [2.24, 2.45) is 5.92 Å². The predicted octanol–water partition coefficient (Wildman–Crippen LogP) is 3.44. The first-order chi connectivity index (χ1) is 8.90. The second kappa shape index (κ2) is 6.98. The van der Waals surface area contributed by atoms with Gasteiger partial charge in [0.25, 0.3) is 0 Å².